The zero-order valence-electron chi connectivity index (χ0n) is 14.1. The number of carbonyl (C=O) groups is 1. The molecule has 3 nitrogen and oxygen atoms in total. The molecular weight excluding hydrogens is 298 g/mol. The van der Waals surface area contributed by atoms with E-state index in [1.807, 2.05) is 18.2 Å². The Hall–Kier alpha value is -2.29. The molecule has 2 unspecified atom stereocenters. The van der Waals surface area contributed by atoms with Crippen molar-refractivity contribution in [3.8, 4) is 5.75 Å². The second kappa shape index (κ2) is 6.31. The van der Waals surface area contributed by atoms with Crippen molar-refractivity contribution >= 4 is 16.7 Å². The fourth-order valence-corrected chi connectivity index (χ4v) is 4.24. The summed E-state index contributed by atoms with van der Waals surface area (Å²) in [5.74, 6) is 1.16. The summed E-state index contributed by atoms with van der Waals surface area (Å²) in [6.07, 6.45) is 8.99. The van der Waals surface area contributed by atoms with E-state index in [0.29, 0.717) is 18.5 Å². The van der Waals surface area contributed by atoms with Crippen LogP contribution in [0.1, 0.15) is 31.2 Å². The first-order chi connectivity index (χ1) is 11.8. The lowest BCUT2D eigenvalue weighted by Gasteiger charge is -2.31. The van der Waals surface area contributed by atoms with Gasteiger partial charge in [-0.2, -0.15) is 0 Å². The van der Waals surface area contributed by atoms with Crippen molar-refractivity contribution in [3.05, 3.63) is 54.1 Å². The highest BCUT2D eigenvalue weighted by atomic mass is 16.5. The third-order valence-corrected chi connectivity index (χ3v) is 5.41. The molecule has 124 valence electrons. The number of benzene rings is 2. The molecular formula is C21H23NO2. The minimum atomic E-state index is 0.279. The lowest BCUT2D eigenvalue weighted by Crippen LogP contribution is -2.42. The maximum Gasteiger partial charge on any atom is 0.223 e. The van der Waals surface area contributed by atoms with E-state index in [1.54, 1.807) is 7.11 Å². The molecule has 4 rings (SSSR count). The van der Waals surface area contributed by atoms with Crippen molar-refractivity contribution in [3.63, 3.8) is 0 Å². The molecule has 0 saturated carbocycles. The van der Waals surface area contributed by atoms with Gasteiger partial charge in [-0.25, -0.2) is 0 Å². The number of nitrogens with zero attached hydrogens (tertiary/aromatic N) is 1. The van der Waals surface area contributed by atoms with Crippen molar-refractivity contribution in [2.75, 3.05) is 7.11 Å². The highest BCUT2D eigenvalue weighted by molar-refractivity contribution is 5.88. The van der Waals surface area contributed by atoms with Gasteiger partial charge < -0.3 is 9.64 Å². The minimum Gasteiger partial charge on any atom is -0.496 e. The molecule has 0 aliphatic carbocycles. The average Bonchev–Trinajstić information content (AvgIpc) is 2.88. The van der Waals surface area contributed by atoms with Crippen LogP contribution in [-0.2, 0) is 11.2 Å². The van der Waals surface area contributed by atoms with Crippen LogP contribution in [0.2, 0.25) is 0 Å². The third kappa shape index (κ3) is 2.58. The topological polar surface area (TPSA) is 29.5 Å². The normalized spacial score (nSPS) is 22.1. The zero-order chi connectivity index (χ0) is 16.5. The van der Waals surface area contributed by atoms with Gasteiger partial charge in [0.05, 0.1) is 13.2 Å². The van der Waals surface area contributed by atoms with E-state index in [2.05, 4.69) is 35.3 Å². The van der Waals surface area contributed by atoms with E-state index in [4.69, 9.17) is 4.74 Å². The van der Waals surface area contributed by atoms with Crippen LogP contribution in [0.15, 0.2) is 48.6 Å². The first kappa shape index (κ1) is 15.3. The van der Waals surface area contributed by atoms with Crippen LogP contribution in [0.3, 0.4) is 0 Å². The molecule has 1 fully saturated rings. The van der Waals surface area contributed by atoms with Crippen molar-refractivity contribution in [2.45, 2.75) is 44.2 Å². The first-order valence-electron chi connectivity index (χ1n) is 8.80. The van der Waals surface area contributed by atoms with Crippen LogP contribution >= 0.6 is 0 Å². The standard InChI is InChI=1S/C21H23NO2/c1-24-20-13-9-15-5-2-3-8-18(15)19(20)12-14-21(23)22-16-6-4-7-17(22)11-10-16/h2-6,8-9,13,16-17H,7,10-12,14H2,1H3. The van der Waals surface area contributed by atoms with Gasteiger partial charge in [-0.3, -0.25) is 4.79 Å². The van der Waals surface area contributed by atoms with E-state index in [1.165, 1.54) is 10.8 Å². The smallest absolute Gasteiger partial charge is 0.223 e. The predicted octanol–water partition coefficient (Wildman–Crippen LogP) is 4.10. The molecule has 0 radical (unpaired) electrons. The lowest BCUT2D eigenvalue weighted by atomic mass is 9.99. The Morgan fingerprint density at radius 2 is 2.08 bits per heavy atom. The second-order valence-corrected chi connectivity index (χ2v) is 6.73. The molecule has 3 heteroatoms. The maximum absolute atomic E-state index is 12.8. The molecule has 2 aliphatic rings. The first-order valence-corrected chi connectivity index (χ1v) is 8.80. The highest BCUT2D eigenvalue weighted by Crippen LogP contribution is 2.33. The van der Waals surface area contributed by atoms with Crippen LogP contribution in [0, 0.1) is 0 Å². The van der Waals surface area contributed by atoms with Gasteiger partial charge in [0.2, 0.25) is 5.91 Å². The quantitative estimate of drug-likeness (QED) is 0.794. The van der Waals surface area contributed by atoms with Crippen molar-refractivity contribution in [1.29, 1.82) is 0 Å². The van der Waals surface area contributed by atoms with Crippen molar-refractivity contribution in [2.24, 2.45) is 0 Å². The number of aryl methyl sites for hydroxylation is 1. The molecule has 2 bridgehead atoms. The summed E-state index contributed by atoms with van der Waals surface area (Å²) in [4.78, 5) is 14.9. The average molecular weight is 321 g/mol. The second-order valence-electron chi connectivity index (χ2n) is 6.73. The molecule has 2 heterocycles. The van der Waals surface area contributed by atoms with Crippen LogP contribution in [0.5, 0.6) is 5.75 Å². The summed E-state index contributed by atoms with van der Waals surface area (Å²) >= 11 is 0. The number of ether oxygens (including phenoxy) is 1. The maximum atomic E-state index is 12.8. The molecule has 2 atom stereocenters. The number of fused-ring (bicyclic) bond motifs is 3. The summed E-state index contributed by atoms with van der Waals surface area (Å²) in [7, 11) is 1.70. The van der Waals surface area contributed by atoms with Gasteiger partial charge in [-0.05, 0) is 42.5 Å². The van der Waals surface area contributed by atoms with Gasteiger partial charge in [0.1, 0.15) is 5.75 Å². The molecule has 0 N–H and O–H groups in total. The summed E-state index contributed by atoms with van der Waals surface area (Å²) in [5, 5.41) is 2.38. The number of amides is 1. The zero-order valence-corrected chi connectivity index (χ0v) is 14.1. The molecule has 2 aromatic rings. The summed E-state index contributed by atoms with van der Waals surface area (Å²) in [6, 6.07) is 13.1. The van der Waals surface area contributed by atoms with Gasteiger partial charge in [0, 0.05) is 18.0 Å². The van der Waals surface area contributed by atoms with E-state index in [-0.39, 0.29) is 5.91 Å². The SMILES string of the molecule is COc1ccc2ccccc2c1CCC(=O)N1C2C=CCC1CC2. The Kier molecular flexibility index (Phi) is 4.01. The van der Waals surface area contributed by atoms with E-state index >= 15 is 0 Å². The van der Waals surface area contributed by atoms with Crippen LogP contribution in [0.4, 0.5) is 0 Å². The predicted molar refractivity (Wildman–Crippen MR) is 96.2 cm³/mol. The Labute approximate surface area is 142 Å². The molecule has 1 amide bonds. The summed E-state index contributed by atoms with van der Waals surface area (Å²) in [6.45, 7) is 0. The number of methoxy groups -OCH3 is 1. The van der Waals surface area contributed by atoms with Crippen LogP contribution < -0.4 is 4.74 Å². The fourth-order valence-electron chi connectivity index (χ4n) is 4.24. The van der Waals surface area contributed by atoms with E-state index in [0.717, 1.165) is 37.0 Å². The molecule has 24 heavy (non-hydrogen) atoms. The van der Waals surface area contributed by atoms with Gasteiger partial charge in [-0.15, -0.1) is 0 Å². The Morgan fingerprint density at radius 1 is 1.21 bits per heavy atom. The van der Waals surface area contributed by atoms with Gasteiger partial charge >= 0.3 is 0 Å². The lowest BCUT2D eigenvalue weighted by molar-refractivity contribution is -0.133. The molecule has 0 aromatic heterocycles. The molecule has 0 spiro atoms. The number of carbonyl (C=O) groups excluding carboxylic acids is 1. The van der Waals surface area contributed by atoms with Gasteiger partial charge in [0.25, 0.3) is 0 Å². The largest absolute Gasteiger partial charge is 0.496 e. The van der Waals surface area contributed by atoms with Crippen molar-refractivity contribution < 1.29 is 9.53 Å². The van der Waals surface area contributed by atoms with Crippen LogP contribution in [0.25, 0.3) is 10.8 Å². The number of rotatable bonds is 4. The van der Waals surface area contributed by atoms with Crippen molar-refractivity contribution in [1.82, 2.24) is 4.90 Å². The number of hydrogen-bond acceptors (Lipinski definition) is 2. The Bertz CT molecular complexity index is 796. The Balaban J connectivity index is 1.56. The van der Waals surface area contributed by atoms with E-state index < -0.39 is 0 Å². The highest BCUT2D eigenvalue weighted by Gasteiger charge is 2.36. The molecule has 2 aliphatic heterocycles. The summed E-state index contributed by atoms with van der Waals surface area (Å²) in [5.41, 5.74) is 1.14. The number of hydrogen-bond donors (Lipinski definition) is 0. The van der Waals surface area contributed by atoms with Gasteiger partial charge in [-0.1, -0.05) is 42.5 Å². The third-order valence-electron chi connectivity index (χ3n) is 5.41. The molecule has 2 aromatic carbocycles. The summed E-state index contributed by atoms with van der Waals surface area (Å²) < 4.78 is 5.55. The fraction of sp³-hybridized carbons (Fsp3) is 0.381. The van der Waals surface area contributed by atoms with Gasteiger partial charge in [0.15, 0.2) is 0 Å². The molecule has 1 saturated heterocycles. The minimum absolute atomic E-state index is 0.279. The van der Waals surface area contributed by atoms with Crippen LogP contribution in [-0.4, -0.2) is 30.0 Å². The Morgan fingerprint density at radius 3 is 2.92 bits per heavy atom. The van der Waals surface area contributed by atoms with E-state index in [9.17, 15) is 4.79 Å². The monoisotopic (exact) mass is 321 g/mol.